The second kappa shape index (κ2) is 9.98. The first-order valence-electron chi connectivity index (χ1n) is 14.1. The lowest BCUT2D eigenvalue weighted by Gasteiger charge is -2.23. The number of pyridine rings is 1. The lowest BCUT2D eigenvalue weighted by Crippen LogP contribution is -2.30. The summed E-state index contributed by atoms with van der Waals surface area (Å²) in [6, 6.07) is 35.4. The number of fused-ring (bicyclic) bond motifs is 4. The molecule has 0 aliphatic carbocycles. The average Bonchev–Trinajstić information content (AvgIpc) is 3.54. The van der Waals surface area contributed by atoms with Crippen molar-refractivity contribution in [2.75, 3.05) is 10.1 Å². The minimum absolute atomic E-state index is 0.190. The zero-order chi connectivity index (χ0) is 28.1. The summed E-state index contributed by atoms with van der Waals surface area (Å²) >= 11 is 0. The van der Waals surface area contributed by atoms with Crippen molar-refractivity contribution in [3.63, 3.8) is 0 Å². The summed E-state index contributed by atoms with van der Waals surface area (Å²) in [5, 5.41) is 6.14. The minimum Gasteiger partial charge on any atom is -0.457 e. The fraction of sp³-hybridized carbons (Fsp3) is 0.171. The molecular formula is C35H32N4O2. The number of aromatic nitrogens is 2. The highest BCUT2D eigenvalue weighted by atomic mass is 16.8. The number of para-hydroxylation sites is 3. The van der Waals surface area contributed by atoms with E-state index in [2.05, 4.69) is 92.9 Å². The van der Waals surface area contributed by atoms with Gasteiger partial charge in [-0.1, -0.05) is 50.2 Å². The third-order valence-corrected chi connectivity index (χ3v) is 7.57. The van der Waals surface area contributed by atoms with Gasteiger partial charge in [-0.25, -0.2) is 10.0 Å². The Balaban J connectivity index is 1.28. The van der Waals surface area contributed by atoms with Gasteiger partial charge in [0.15, 0.2) is 0 Å². The molecule has 0 saturated heterocycles. The molecule has 0 atom stereocenters. The smallest absolute Gasteiger partial charge is 0.137 e. The van der Waals surface area contributed by atoms with Gasteiger partial charge in [0, 0.05) is 29.1 Å². The molecular weight excluding hydrogens is 508 g/mol. The minimum atomic E-state index is 0.190. The Morgan fingerprint density at radius 2 is 1.44 bits per heavy atom. The van der Waals surface area contributed by atoms with Gasteiger partial charge >= 0.3 is 0 Å². The Morgan fingerprint density at radius 1 is 0.683 bits per heavy atom. The van der Waals surface area contributed by atoms with Crippen LogP contribution in [0.1, 0.15) is 39.2 Å². The van der Waals surface area contributed by atoms with Gasteiger partial charge in [0.1, 0.15) is 17.3 Å². The number of ether oxygens (including phenoxy) is 1. The maximum absolute atomic E-state index is 6.47. The van der Waals surface area contributed by atoms with Crippen LogP contribution in [0.25, 0.3) is 27.6 Å². The lowest BCUT2D eigenvalue weighted by molar-refractivity contribution is 0.112. The van der Waals surface area contributed by atoms with E-state index < -0.39 is 0 Å². The molecule has 0 saturated carbocycles. The third kappa shape index (κ3) is 4.37. The van der Waals surface area contributed by atoms with Crippen molar-refractivity contribution in [1.82, 2.24) is 9.55 Å². The predicted octanol–water partition coefficient (Wildman–Crippen LogP) is 9.31. The van der Waals surface area contributed by atoms with E-state index in [0.717, 1.165) is 50.8 Å². The van der Waals surface area contributed by atoms with Crippen LogP contribution in [-0.4, -0.2) is 15.6 Å². The Bertz CT molecular complexity index is 1890. The SMILES string of the molecule is CC(C)c1ccnc(-n2c3ccccc3c3ccc(Oc4cccc(N5ON(C(C)C)c6ccccc65)c4)cc32)c1. The van der Waals surface area contributed by atoms with Crippen LogP contribution in [0.15, 0.2) is 109 Å². The number of nitrogens with zero attached hydrogens (tertiary/aromatic N) is 4. The van der Waals surface area contributed by atoms with E-state index in [4.69, 9.17) is 14.7 Å². The maximum atomic E-state index is 6.47. The standard InChI is InChI=1S/C35H32N4O2/c1-23(2)25-18-19-36-35(20-25)37-31-13-6-5-12-29(31)30-17-16-28(22-34(30)37)40-27-11-9-10-26(21-27)39-33-15-8-7-14-32(33)38(41-39)24(3)4/h5-24H,1-4H3. The molecule has 0 amide bonds. The predicted molar refractivity (Wildman–Crippen MR) is 166 cm³/mol. The molecule has 3 heterocycles. The fourth-order valence-electron chi connectivity index (χ4n) is 5.54. The highest BCUT2D eigenvalue weighted by Gasteiger charge is 2.30. The van der Waals surface area contributed by atoms with E-state index in [0.29, 0.717) is 5.92 Å². The zero-order valence-corrected chi connectivity index (χ0v) is 23.7. The van der Waals surface area contributed by atoms with Crippen LogP contribution in [0, 0.1) is 0 Å². The molecule has 0 radical (unpaired) electrons. The van der Waals surface area contributed by atoms with E-state index in [1.165, 1.54) is 10.9 Å². The second-order valence-corrected chi connectivity index (χ2v) is 11.0. The number of hydroxylamine groups is 1. The molecule has 6 aromatic rings. The summed E-state index contributed by atoms with van der Waals surface area (Å²) in [4.78, 5) is 11.0. The molecule has 6 heteroatoms. The number of benzene rings is 4. The van der Waals surface area contributed by atoms with Crippen LogP contribution in [0.5, 0.6) is 11.5 Å². The molecule has 7 rings (SSSR count). The van der Waals surface area contributed by atoms with Crippen LogP contribution in [0.2, 0.25) is 0 Å². The third-order valence-electron chi connectivity index (χ3n) is 7.57. The molecule has 41 heavy (non-hydrogen) atoms. The van der Waals surface area contributed by atoms with E-state index in [-0.39, 0.29) is 6.04 Å². The van der Waals surface area contributed by atoms with Crippen molar-refractivity contribution in [1.29, 1.82) is 0 Å². The molecule has 0 unspecified atom stereocenters. The van der Waals surface area contributed by atoms with Gasteiger partial charge in [0.2, 0.25) is 0 Å². The summed E-state index contributed by atoms with van der Waals surface area (Å²) in [6.45, 7) is 8.64. The number of hydrogen-bond donors (Lipinski definition) is 0. The average molecular weight is 541 g/mol. The van der Waals surface area contributed by atoms with E-state index in [9.17, 15) is 0 Å². The summed E-state index contributed by atoms with van der Waals surface area (Å²) in [7, 11) is 0. The first kappa shape index (κ1) is 25.2. The van der Waals surface area contributed by atoms with Crippen LogP contribution < -0.4 is 14.9 Å². The monoisotopic (exact) mass is 540 g/mol. The summed E-state index contributed by atoms with van der Waals surface area (Å²) < 4.78 is 8.70. The zero-order valence-electron chi connectivity index (χ0n) is 23.7. The molecule has 1 aliphatic heterocycles. The normalized spacial score (nSPS) is 13.1. The summed E-state index contributed by atoms with van der Waals surface area (Å²) in [5.41, 5.74) is 6.37. The molecule has 0 bridgehead atoms. The molecule has 0 fully saturated rings. The van der Waals surface area contributed by atoms with Crippen molar-refractivity contribution < 1.29 is 9.68 Å². The Morgan fingerprint density at radius 3 is 2.27 bits per heavy atom. The van der Waals surface area contributed by atoms with Crippen molar-refractivity contribution in [2.45, 2.75) is 39.7 Å². The first-order chi connectivity index (χ1) is 20.0. The Hall–Kier alpha value is -4.81. The topological polar surface area (TPSA) is 42.8 Å². The number of hydrogen-bond acceptors (Lipinski definition) is 5. The van der Waals surface area contributed by atoms with Gasteiger partial charge in [-0.3, -0.25) is 4.57 Å². The van der Waals surface area contributed by atoms with Gasteiger partial charge in [-0.15, -0.1) is 4.94 Å². The largest absolute Gasteiger partial charge is 0.457 e. The highest BCUT2D eigenvalue weighted by Crippen LogP contribution is 2.43. The van der Waals surface area contributed by atoms with E-state index >= 15 is 0 Å². The van der Waals surface area contributed by atoms with Gasteiger partial charge in [0.25, 0.3) is 0 Å². The van der Waals surface area contributed by atoms with Crippen molar-refractivity contribution >= 4 is 38.9 Å². The van der Waals surface area contributed by atoms with Crippen LogP contribution in [0.3, 0.4) is 0 Å². The maximum Gasteiger partial charge on any atom is 0.137 e. The van der Waals surface area contributed by atoms with Gasteiger partial charge in [-0.05, 0) is 79.9 Å². The van der Waals surface area contributed by atoms with Crippen molar-refractivity contribution in [2.24, 2.45) is 0 Å². The lowest BCUT2D eigenvalue weighted by atomic mass is 10.1. The quantitative estimate of drug-likeness (QED) is 0.211. The van der Waals surface area contributed by atoms with Gasteiger partial charge < -0.3 is 4.74 Å². The van der Waals surface area contributed by atoms with Gasteiger partial charge in [-0.2, -0.15) is 5.06 Å². The van der Waals surface area contributed by atoms with E-state index in [1.54, 1.807) is 0 Å². The molecule has 1 aliphatic rings. The molecule has 204 valence electrons. The van der Waals surface area contributed by atoms with Crippen LogP contribution in [0.4, 0.5) is 17.1 Å². The Kier molecular flexibility index (Phi) is 6.13. The molecule has 0 N–H and O–H groups in total. The van der Waals surface area contributed by atoms with E-state index in [1.807, 2.05) is 58.8 Å². The Labute approximate surface area is 239 Å². The number of anilines is 3. The van der Waals surface area contributed by atoms with Crippen LogP contribution >= 0.6 is 0 Å². The number of rotatable bonds is 6. The molecule has 4 aromatic carbocycles. The second-order valence-electron chi connectivity index (χ2n) is 11.0. The molecule has 0 spiro atoms. The highest BCUT2D eigenvalue weighted by molar-refractivity contribution is 6.09. The fourth-order valence-corrected chi connectivity index (χ4v) is 5.54. The first-order valence-corrected chi connectivity index (χ1v) is 14.1. The molecule has 6 nitrogen and oxygen atoms in total. The molecule has 2 aromatic heterocycles. The summed E-state index contributed by atoms with van der Waals surface area (Å²) in [5.74, 6) is 2.80. The van der Waals surface area contributed by atoms with Gasteiger partial charge in [0.05, 0.1) is 34.1 Å². The van der Waals surface area contributed by atoms with Crippen LogP contribution in [-0.2, 0) is 4.94 Å². The van der Waals surface area contributed by atoms with Crippen molar-refractivity contribution in [3.8, 4) is 17.3 Å². The van der Waals surface area contributed by atoms with Crippen molar-refractivity contribution in [3.05, 3.63) is 115 Å². The summed E-state index contributed by atoms with van der Waals surface area (Å²) in [6.07, 6.45) is 1.90.